The molecule has 0 radical (unpaired) electrons. The predicted molar refractivity (Wildman–Crippen MR) is 123 cm³/mol. The van der Waals surface area contributed by atoms with Gasteiger partial charge in [0.25, 0.3) is 5.56 Å². The molecule has 10 nitrogen and oxygen atoms in total. The lowest BCUT2D eigenvalue weighted by Gasteiger charge is -2.12. The summed E-state index contributed by atoms with van der Waals surface area (Å²) in [5.74, 6) is 1.63. The maximum Gasteiger partial charge on any atom is 0.331 e. The summed E-state index contributed by atoms with van der Waals surface area (Å²) >= 11 is 0. The van der Waals surface area contributed by atoms with Gasteiger partial charge in [0.05, 0.1) is 28.4 Å². The Labute approximate surface area is 189 Å². The van der Waals surface area contributed by atoms with E-state index in [1.54, 1.807) is 37.4 Å². The van der Waals surface area contributed by atoms with E-state index in [-0.39, 0.29) is 12.1 Å². The first-order valence-corrected chi connectivity index (χ1v) is 9.94. The molecule has 0 unspecified atom stereocenters. The summed E-state index contributed by atoms with van der Waals surface area (Å²) in [5, 5.41) is 10.7. The molecule has 0 aliphatic carbocycles. The Morgan fingerprint density at radius 2 is 1.64 bits per heavy atom. The number of aromatic amines is 1. The highest BCUT2D eigenvalue weighted by Gasteiger charge is 2.14. The van der Waals surface area contributed by atoms with E-state index in [9.17, 15) is 14.7 Å². The summed E-state index contributed by atoms with van der Waals surface area (Å²) in [6, 6.07) is 10.4. The normalized spacial score (nSPS) is 10.9. The van der Waals surface area contributed by atoms with Crippen LogP contribution in [0.5, 0.6) is 28.9 Å². The van der Waals surface area contributed by atoms with Crippen LogP contribution in [0.1, 0.15) is 11.1 Å². The largest absolute Gasteiger partial charge is 0.497 e. The fraction of sp³-hybridized carbons (Fsp3) is 0.261. The zero-order valence-electron chi connectivity index (χ0n) is 18.7. The molecule has 2 N–H and O–H groups in total. The second-order valence-electron chi connectivity index (χ2n) is 6.88. The number of aryl methyl sites for hydroxylation is 1. The van der Waals surface area contributed by atoms with Crippen molar-refractivity contribution in [3.05, 3.63) is 68.4 Å². The van der Waals surface area contributed by atoms with Crippen molar-refractivity contribution in [1.29, 1.82) is 0 Å². The van der Waals surface area contributed by atoms with Gasteiger partial charge in [-0.2, -0.15) is 0 Å². The number of hydrogen-bond donors (Lipinski definition) is 2. The second-order valence-corrected chi connectivity index (χ2v) is 6.88. The second kappa shape index (κ2) is 10.4. The number of methoxy groups -OCH3 is 4. The number of rotatable bonds is 9. The van der Waals surface area contributed by atoms with Crippen LogP contribution < -0.4 is 30.2 Å². The van der Waals surface area contributed by atoms with Crippen molar-refractivity contribution in [3.8, 4) is 28.9 Å². The zero-order chi connectivity index (χ0) is 24.0. The van der Waals surface area contributed by atoms with Crippen LogP contribution in [0.25, 0.3) is 0 Å². The van der Waals surface area contributed by atoms with E-state index in [4.69, 9.17) is 18.9 Å². The van der Waals surface area contributed by atoms with Crippen molar-refractivity contribution in [2.75, 3.05) is 28.4 Å². The molecule has 0 aliphatic heterocycles. The maximum absolute atomic E-state index is 12.3. The number of aromatic nitrogens is 2. The van der Waals surface area contributed by atoms with Crippen molar-refractivity contribution in [2.45, 2.75) is 13.0 Å². The number of benzene rings is 2. The van der Waals surface area contributed by atoms with Gasteiger partial charge in [0.2, 0.25) is 5.88 Å². The van der Waals surface area contributed by atoms with Gasteiger partial charge in [0.15, 0.2) is 11.5 Å². The lowest BCUT2D eigenvalue weighted by atomic mass is 10.1. The number of hydrogen-bond acceptors (Lipinski definition) is 8. The van der Waals surface area contributed by atoms with Crippen molar-refractivity contribution < 1.29 is 24.1 Å². The molecule has 174 valence electrons. The van der Waals surface area contributed by atoms with Gasteiger partial charge in [-0.05, 0) is 36.2 Å². The van der Waals surface area contributed by atoms with Crippen LogP contribution in [-0.2, 0) is 13.0 Å². The number of H-pyrrole nitrogens is 1. The van der Waals surface area contributed by atoms with E-state index in [1.165, 1.54) is 27.5 Å². The Bertz CT molecular complexity index is 1280. The number of aromatic hydroxyl groups is 1. The highest BCUT2D eigenvalue weighted by molar-refractivity contribution is 5.84. The van der Waals surface area contributed by atoms with Gasteiger partial charge < -0.3 is 24.1 Å². The van der Waals surface area contributed by atoms with Crippen molar-refractivity contribution >= 4 is 11.9 Å². The minimum absolute atomic E-state index is 0.111. The molecule has 0 saturated heterocycles. The van der Waals surface area contributed by atoms with E-state index in [2.05, 4.69) is 9.98 Å². The number of nitrogens with one attached hydrogen (secondary N) is 1. The monoisotopic (exact) mass is 455 g/mol. The molecule has 1 heterocycles. The molecular formula is C23H25N3O7. The van der Waals surface area contributed by atoms with Gasteiger partial charge in [0, 0.05) is 18.8 Å². The first-order chi connectivity index (χ1) is 15.9. The molecule has 3 aromatic rings. The molecular weight excluding hydrogens is 430 g/mol. The first-order valence-electron chi connectivity index (χ1n) is 9.94. The first kappa shape index (κ1) is 23.5. The Balaban J connectivity index is 1.92. The molecule has 0 saturated carbocycles. The smallest absolute Gasteiger partial charge is 0.331 e. The molecule has 0 atom stereocenters. The minimum atomic E-state index is -0.759. The molecule has 1 aromatic heterocycles. The van der Waals surface area contributed by atoms with Gasteiger partial charge in [-0.1, -0.05) is 6.07 Å². The van der Waals surface area contributed by atoms with Crippen LogP contribution >= 0.6 is 0 Å². The fourth-order valence-electron chi connectivity index (χ4n) is 3.21. The summed E-state index contributed by atoms with van der Waals surface area (Å²) in [6.45, 7) is 0.111. The third-order valence-corrected chi connectivity index (χ3v) is 5.00. The molecule has 0 fully saturated rings. The van der Waals surface area contributed by atoms with Crippen molar-refractivity contribution in [3.63, 3.8) is 0 Å². The average Bonchev–Trinajstić information content (AvgIpc) is 2.83. The van der Waals surface area contributed by atoms with E-state index >= 15 is 0 Å². The lowest BCUT2D eigenvalue weighted by molar-refractivity contribution is 0.354. The van der Waals surface area contributed by atoms with Gasteiger partial charge in [-0.3, -0.25) is 19.3 Å². The Morgan fingerprint density at radius 3 is 2.30 bits per heavy atom. The molecule has 2 aromatic carbocycles. The van der Waals surface area contributed by atoms with E-state index < -0.39 is 17.1 Å². The van der Waals surface area contributed by atoms with Crippen LogP contribution in [0.3, 0.4) is 0 Å². The van der Waals surface area contributed by atoms with Crippen LogP contribution in [0.15, 0.2) is 51.0 Å². The topological polar surface area (TPSA) is 124 Å². The molecule has 0 aliphatic rings. The van der Waals surface area contributed by atoms with Crippen LogP contribution in [0, 0.1) is 0 Å². The third kappa shape index (κ3) is 5.17. The predicted octanol–water partition coefficient (Wildman–Crippen LogP) is 2.27. The summed E-state index contributed by atoms with van der Waals surface area (Å²) in [6.07, 6.45) is 1.57. The van der Waals surface area contributed by atoms with Crippen molar-refractivity contribution in [2.24, 2.45) is 4.99 Å². The van der Waals surface area contributed by atoms with Crippen LogP contribution in [-0.4, -0.2) is 49.3 Å². The van der Waals surface area contributed by atoms with Gasteiger partial charge in [-0.25, -0.2) is 4.79 Å². The van der Waals surface area contributed by atoms with Crippen LogP contribution in [0.2, 0.25) is 0 Å². The maximum atomic E-state index is 12.3. The van der Waals surface area contributed by atoms with E-state index in [1.807, 2.05) is 6.07 Å². The molecule has 0 amide bonds. The number of nitrogens with zero attached hydrogens (tertiary/aromatic N) is 2. The highest BCUT2D eigenvalue weighted by atomic mass is 16.5. The van der Waals surface area contributed by atoms with Crippen LogP contribution in [0.4, 0.5) is 5.69 Å². The standard InChI is InChI=1S/C23H25N3O7/c1-30-15-6-8-18(31-2)17(12-15)24-13-16-21(27)25-23(29)26(22(16)28)10-9-14-5-7-19(32-3)20(11-14)33-4/h5-8,11-13,28H,9-10H2,1-4H3,(H,25,27,29). The summed E-state index contributed by atoms with van der Waals surface area (Å²) in [7, 11) is 6.07. The number of ether oxygens (including phenoxy) is 4. The molecule has 0 bridgehead atoms. The molecule has 33 heavy (non-hydrogen) atoms. The Kier molecular flexibility index (Phi) is 7.39. The zero-order valence-corrected chi connectivity index (χ0v) is 18.7. The SMILES string of the molecule is COc1ccc(OC)c(N=Cc2c(O)n(CCc3ccc(OC)c(OC)c3)c(=O)[nH]c2=O)c1. The van der Waals surface area contributed by atoms with E-state index in [0.29, 0.717) is 35.1 Å². The van der Waals surface area contributed by atoms with Crippen molar-refractivity contribution in [1.82, 2.24) is 9.55 Å². The summed E-state index contributed by atoms with van der Waals surface area (Å²) in [4.78, 5) is 31.1. The quantitative estimate of drug-likeness (QED) is 0.474. The molecule has 3 rings (SSSR count). The summed E-state index contributed by atoms with van der Waals surface area (Å²) < 4.78 is 22.0. The van der Waals surface area contributed by atoms with Gasteiger partial charge in [0.1, 0.15) is 22.7 Å². The fourth-order valence-corrected chi connectivity index (χ4v) is 3.21. The lowest BCUT2D eigenvalue weighted by Crippen LogP contribution is -2.32. The highest BCUT2D eigenvalue weighted by Crippen LogP contribution is 2.31. The van der Waals surface area contributed by atoms with Gasteiger partial charge in [-0.15, -0.1) is 0 Å². The molecule has 10 heteroatoms. The average molecular weight is 455 g/mol. The third-order valence-electron chi connectivity index (χ3n) is 5.00. The van der Waals surface area contributed by atoms with Gasteiger partial charge >= 0.3 is 5.69 Å². The minimum Gasteiger partial charge on any atom is -0.497 e. The summed E-state index contributed by atoms with van der Waals surface area (Å²) in [5.41, 5.74) is -0.411. The Hall–Kier alpha value is -4.21. The Morgan fingerprint density at radius 1 is 0.939 bits per heavy atom. The number of aliphatic imine (C=N–C) groups is 1. The molecule has 0 spiro atoms. The van der Waals surface area contributed by atoms with E-state index in [0.717, 1.165) is 10.1 Å².